The van der Waals surface area contributed by atoms with Crippen LogP contribution in [0.5, 0.6) is 0 Å². The third-order valence-corrected chi connectivity index (χ3v) is 21.7. The van der Waals surface area contributed by atoms with Crippen molar-refractivity contribution >= 4 is 22.1 Å². The Morgan fingerprint density at radius 2 is 0.480 bits per heavy atom. The van der Waals surface area contributed by atoms with Gasteiger partial charge in [0.05, 0.1) is 49.3 Å². The molecule has 0 amide bonds. The van der Waals surface area contributed by atoms with Gasteiger partial charge in [-0.1, -0.05) is 179 Å². The molecular formula is C44H97O3P3. The first-order valence-corrected chi connectivity index (χ1v) is 29.5. The Kier molecular flexibility index (Phi) is 45.6. The predicted octanol–water partition coefficient (Wildman–Crippen LogP) is 15.2. The zero-order valence-electron chi connectivity index (χ0n) is 36.3. The third kappa shape index (κ3) is 38.7. The van der Waals surface area contributed by atoms with E-state index in [1.54, 1.807) is 49.3 Å². The summed E-state index contributed by atoms with van der Waals surface area (Å²) in [6, 6.07) is 0. The SMILES string of the molecule is CCCCCCCCCCCCP(=O)([O-])[O-].CCCC[P+](CCCC)(CCCC)CCCC.CCCC[P+](CCCC)(CCCC)CCCC. The molecule has 0 N–H and O–H groups in total. The van der Waals surface area contributed by atoms with Gasteiger partial charge in [0.25, 0.3) is 0 Å². The summed E-state index contributed by atoms with van der Waals surface area (Å²) in [5, 5.41) is 0. The lowest BCUT2D eigenvalue weighted by atomic mass is 10.1. The molecule has 0 saturated carbocycles. The van der Waals surface area contributed by atoms with Gasteiger partial charge in [-0.05, 0) is 63.9 Å². The molecule has 0 aromatic rings. The van der Waals surface area contributed by atoms with E-state index >= 15 is 0 Å². The summed E-state index contributed by atoms with van der Waals surface area (Å²) in [6.45, 7) is 21.1. The van der Waals surface area contributed by atoms with E-state index in [0.717, 1.165) is 12.8 Å². The van der Waals surface area contributed by atoms with Crippen molar-refractivity contribution in [3.8, 4) is 0 Å². The molecule has 0 aliphatic carbocycles. The van der Waals surface area contributed by atoms with Gasteiger partial charge in [-0.2, -0.15) is 0 Å². The Balaban J connectivity index is -0.000000663. The zero-order chi connectivity index (χ0) is 38.2. The maximum atomic E-state index is 10.3. The molecule has 50 heavy (non-hydrogen) atoms. The quantitative estimate of drug-likeness (QED) is 0.0477. The molecule has 0 saturated heterocycles. The van der Waals surface area contributed by atoms with E-state index in [-0.39, 0.29) is 6.16 Å². The molecule has 0 aliphatic rings. The van der Waals surface area contributed by atoms with Gasteiger partial charge in [0.2, 0.25) is 0 Å². The first-order chi connectivity index (χ1) is 24.0. The number of hydrogen-bond donors (Lipinski definition) is 0. The molecular weight excluding hydrogens is 669 g/mol. The minimum absolute atomic E-state index is 0.163. The van der Waals surface area contributed by atoms with Crippen LogP contribution < -0.4 is 9.79 Å². The van der Waals surface area contributed by atoms with E-state index in [1.807, 2.05) is 0 Å². The molecule has 0 aromatic heterocycles. The Labute approximate surface area is 320 Å². The van der Waals surface area contributed by atoms with Gasteiger partial charge >= 0.3 is 0 Å². The van der Waals surface area contributed by atoms with Crippen LogP contribution in [0.4, 0.5) is 0 Å². The summed E-state index contributed by atoms with van der Waals surface area (Å²) in [7, 11) is -5.36. The average Bonchev–Trinajstić information content (AvgIpc) is 3.11. The van der Waals surface area contributed by atoms with E-state index < -0.39 is 22.1 Å². The summed E-state index contributed by atoms with van der Waals surface area (Å²) in [6.07, 6.45) is 47.2. The van der Waals surface area contributed by atoms with E-state index in [0.29, 0.717) is 6.42 Å². The average molecular weight is 767 g/mol. The van der Waals surface area contributed by atoms with Crippen LogP contribution in [0.25, 0.3) is 0 Å². The fourth-order valence-corrected chi connectivity index (χ4v) is 18.3. The van der Waals surface area contributed by atoms with Crippen molar-refractivity contribution in [2.24, 2.45) is 0 Å². The second-order valence-corrected chi connectivity index (χ2v) is 26.4. The van der Waals surface area contributed by atoms with Crippen molar-refractivity contribution < 1.29 is 14.4 Å². The largest absolute Gasteiger partial charge is 0.811 e. The summed E-state index contributed by atoms with van der Waals surface area (Å²) >= 11 is 0. The molecule has 306 valence electrons. The van der Waals surface area contributed by atoms with Gasteiger partial charge < -0.3 is 14.4 Å². The fraction of sp³-hybridized carbons (Fsp3) is 1.00. The van der Waals surface area contributed by atoms with Crippen LogP contribution >= 0.6 is 22.1 Å². The molecule has 0 heterocycles. The highest BCUT2D eigenvalue weighted by molar-refractivity contribution is 7.76. The number of unbranched alkanes of at least 4 members (excludes halogenated alkanes) is 17. The Morgan fingerprint density at radius 3 is 0.660 bits per heavy atom. The minimum Gasteiger partial charge on any atom is -0.811 e. The second kappa shape index (κ2) is 41.2. The van der Waals surface area contributed by atoms with Gasteiger partial charge in [-0.3, -0.25) is 0 Å². The Hall–Kier alpha value is 1.01. The first kappa shape index (κ1) is 55.3. The van der Waals surface area contributed by atoms with Crippen molar-refractivity contribution in [2.75, 3.05) is 55.5 Å². The topological polar surface area (TPSA) is 63.2 Å². The van der Waals surface area contributed by atoms with Crippen molar-refractivity contribution in [3.05, 3.63) is 0 Å². The van der Waals surface area contributed by atoms with Gasteiger partial charge in [-0.15, -0.1) is 0 Å². The summed E-state index contributed by atoms with van der Waals surface area (Å²) in [5.41, 5.74) is 0. The van der Waals surface area contributed by atoms with E-state index in [1.165, 1.54) is 148 Å². The van der Waals surface area contributed by atoms with Crippen molar-refractivity contribution in [2.45, 2.75) is 229 Å². The van der Waals surface area contributed by atoms with Crippen LogP contribution in [-0.2, 0) is 4.57 Å². The lowest BCUT2D eigenvalue weighted by Gasteiger charge is -2.29. The first-order valence-electron chi connectivity index (χ1n) is 22.8. The summed E-state index contributed by atoms with van der Waals surface area (Å²) in [4.78, 5) is 20.7. The molecule has 6 heteroatoms. The van der Waals surface area contributed by atoms with Crippen molar-refractivity contribution in [1.82, 2.24) is 0 Å². The molecule has 0 bridgehead atoms. The molecule has 3 nitrogen and oxygen atoms in total. The van der Waals surface area contributed by atoms with Crippen LogP contribution in [0, 0.1) is 0 Å². The Bertz CT molecular complexity index is 570. The fourth-order valence-electron chi connectivity index (χ4n) is 7.08. The Morgan fingerprint density at radius 1 is 0.300 bits per heavy atom. The molecule has 0 aromatic carbocycles. The molecule has 0 spiro atoms. The molecule has 0 unspecified atom stereocenters. The molecule has 0 rings (SSSR count). The van der Waals surface area contributed by atoms with Gasteiger partial charge in [0, 0.05) is 14.5 Å². The number of rotatable bonds is 35. The highest BCUT2D eigenvalue weighted by atomic mass is 31.2. The van der Waals surface area contributed by atoms with Crippen LogP contribution in [0.3, 0.4) is 0 Å². The van der Waals surface area contributed by atoms with Gasteiger partial charge in [0.1, 0.15) is 0 Å². The van der Waals surface area contributed by atoms with Gasteiger partial charge in [0.15, 0.2) is 0 Å². The highest BCUT2D eigenvalue weighted by Gasteiger charge is 2.35. The summed E-state index contributed by atoms with van der Waals surface area (Å²) in [5.74, 6) is 0. The lowest BCUT2D eigenvalue weighted by Crippen LogP contribution is -2.16. The minimum atomic E-state index is -4.24. The monoisotopic (exact) mass is 767 g/mol. The normalized spacial score (nSPS) is 12.0. The predicted molar refractivity (Wildman–Crippen MR) is 236 cm³/mol. The van der Waals surface area contributed by atoms with E-state index in [2.05, 4.69) is 62.3 Å². The van der Waals surface area contributed by atoms with Crippen LogP contribution in [0.15, 0.2) is 0 Å². The van der Waals surface area contributed by atoms with E-state index in [9.17, 15) is 14.4 Å². The van der Waals surface area contributed by atoms with Crippen LogP contribution in [0.1, 0.15) is 229 Å². The molecule has 0 radical (unpaired) electrons. The second-order valence-electron chi connectivity index (χ2n) is 15.8. The maximum absolute atomic E-state index is 10.3. The maximum Gasteiger partial charge on any atom is 0.0594 e. The number of hydrogen-bond acceptors (Lipinski definition) is 3. The lowest BCUT2D eigenvalue weighted by molar-refractivity contribution is -0.313. The van der Waals surface area contributed by atoms with Crippen molar-refractivity contribution in [3.63, 3.8) is 0 Å². The highest BCUT2D eigenvalue weighted by Crippen LogP contribution is 2.62. The standard InChI is InChI=1S/2C16H36P.C12H27O3P/c2*1-5-9-13-17(14-10-6-2,15-11-7-3)16-12-8-4;1-2-3-4-5-6-7-8-9-10-11-12-16(13,14)15/h2*5-16H2,1-4H3;2-12H2,1H3,(H2,13,14,15)/q2*+1;/p-2. The van der Waals surface area contributed by atoms with E-state index in [4.69, 9.17) is 0 Å². The third-order valence-electron chi connectivity index (χ3n) is 10.7. The smallest absolute Gasteiger partial charge is 0.0594 e. The molecule has 0 atom stereocenters. The van der Waals surface area contributed by atoms with Gasteiger partial charge in [-0.25, -0.2) is 0 Å². The molecule has 0 aliphatic heterocycles. The zero-order valence-corrected chi connectivity index (χ0v) is 39.0. The molecule has 0 fully saturated rings. The van der Waals surface area contributed by atoms with Crippen molar-refractivity contribution in [1.29, 1.82) is 0 Å². The van der Waals surface area contributed by atoms with Crippen LogP contribution in [0.2, 0.25) is 0 Å². The summed E-state index contributed by atoms with van der Waals surface area (Å²) < 4.78 is 10.3. The van der Waals surface area contributed by atoms with Crippen LogP contribution in [-0.4, -0.2) is 55.5 Å².